The summed E-state index contributed by atoms with van der Waals surface area (Å²) in [5, 5.41) is 0. The monoisotopic (exact) mass is 159 g/mol. The average molecular weight is 159 g/mol. The first-order valence-corrected chi connectivity index (χ1v) is 3.81. The molecule has 11 heavy (non-hydrogen) atoms. The van der Waals surface area contributed by atoms with Crippen LogP contribution in [-0.2, 0) is 0 Å². The zero-order valence-corrected chi connectivity index (χ0v) is 8.03. The standard InChI is InChI=1S/C9H18FN/c1-8(2,3)9(4,5)7(10)6-11/h6H,11H2,1-5H3/b7-6+. The summed E-state index contributed by atoms with van der Waals surface area (Å²) in [7, 11) is 0. The second kappa shape index (κ2) is 2.84. The second-order valence-electron chi connectivity index (χ2n) is 4.39. The van der Waals surface area contributed by atoms with Crippen LogP contribution in [0.1, 0.15) is 34.6 Å². The lowest BCUT2D eigenvalue weighted by atomic mass is 9.69. The highest BCUT2D eigenvalue weighted by Gasteiger charge is 2.36. The Morgan fingerprint density at radius 2 is 1.55 bits per heavy atom. The summed E-state index contributed by atoms with van der Waals surface area (Å²) in [5.41, 5.74) is 4.53. The van der Waals surface area contributed by atoms with Gasteiger partial charge in [0.1, 0.15) is 5.83 Å². The van der Waals surface area contributed by atoms with Crippen molar-refractivity contribution < 1.29 is 4.39 Å². The van der Waals surface area contributed by atoms with E-state index in [1.807, 2.05) is 34.6 Å². The van der Waals surface area contributed by atoms with Crippen molar-refractivity contribution in [1.82, 2.24) is 0 Å². The fourth-order valence-electron chi connectivity index (χ4n) is 0.567. The van der Waals surface area contributed by atoms with Gasteiger partial charge in [-0.3, -0.25) is 0 Å². The van der Waals surface area contributed by atoms with Crippen molar-refractivity contribution in [2.24, 2.45) is 16.6 Å². The average Bonchev–Trinajstić information content (AvgIpc) is 1.83. The van der Waals surface area contributed by atoms with Gasteiger partial charge in [0.25, 0.3) is 0 Å². The molecular formula is C9H18FN. The molecule has 0 amide bonds. The first-order valence-electron chi connectivity index (χ1n) is 3.81. The molecule has 0 fully saturated rings. The summed E-state index contributed by atoms with van der Waals surface area (Å²) < 4.78 is 13.1. The number of hydrogen-bond donors (Lipinski definition) is 1. The van der Waals surface area contributed by atoms with Gasteiger partial charge in [-0.25, -0.2) is 4.39 Å². The van der Waals surface area contributed by atoms with E-state index in [0.717, 1.165) is 6.20 Å². The lowest BCUT2D eigenvalue weighted by Crippen LogP contribution is -2.30. The van der Waals surface area contributed by atoms with Crippen LogP contribution < -0.4 is 5.73 Å². The van der Waals surface area contributed by atoms with Crippen LogP contribution in [0.25, 0.3) is 0 Å². The molecule has 0 heterocycles. The molecule has 0 atom stereocenters. The third kappa shape index (κ3) is 1.95. The fourth-order valence-corrected chi connectivity index (χ4v) is 0.567. The number of allylic oxidation sites excluding steroid dienone is 1. The van der Waals surface area contributed by atoms with Crippen molar-refractivity contribution in [3.8, 4) is 0 Å². The molecule has 2 N–H and O–H groups in total. The highest BCUT2D eigenvalue weighted by molar-refractivity contribution is 5.06. The molecule has 0 unspecified atom stereocenters. The van der Waals surface area contributed by atoms with Crippen LogP contribution in [0.2, 0.25) is 0 Å². The predicted molar refractivity (Wildman–Crippen MR) is 46.6 cm³/mol. The summed E-state index contributed by atoms with van der Waals surface area (Å²) >= 11 is 0. The van der Waals surface area contributed by atoms with Crippen LogP contribution in [0.15, 0.2) is 12.0 Å². The quantitative estimate of drug-likeness (QED) is 0.625. The van der Waals surface area contributed by atoms with Gasteiger partial charge in [0, 0.05) is 11.6 Å². The minimum atomic E-state index is -0.484. The van der Waals surface area contributed by atoms with Gasteiger partial charge in [-0.1, -0.05) is 34.6 Å². The molecule has 2 heteroatoms. The van der Waals surface area contributed by atoms with E-state index in [2.05, 4.69) is 0 Å². The van der Waals surface area contributed by atoms with E-state index in [4.69, 9.17) is 5.73 Å². The van der Waals surface area contributed by atoms with Gasteiger partial charge in [-0.05, 0) is 5.41 Å². The molecule has 0 aliphatic heterocycles. The first-order chi connectivity index (χ1) is 4.73. The molecule has 66 valence electrons. The minimum absolute atomic E-state index is 0.104. The smallest absolute Gasteiger partial charge is 0.121 e. The maximum Gasteiger partial charge on any atom is 0.121 e. The van der Waals surface area contributed by atoms with Crippen LogP contribution in [0.4, 0.5) is 4.39 Å². The van der Waals surface area contributed by atoms with Gasteiger partial charge < -0.3 is 5.73 Å². The number of nitrogens with two attached hydrogens (primary N) is 1. The van der Waals surface area contributed by atoms with E-state index in [9.17, 15) is 4.39 Å². The maximum atomic E-state index is 13.1. The largest absolute Gasteiger partial charge is 0.403 e. The summed E-state index contributed by atoms with van der Waals surface area (Å²) in [6, 6.07) is 0. The first kappa shape index (κ1) is 10.5. The van der Waals surface area contributed by atoms with E-state index in [-0.39, 0.29) is 11.2 Å². The Hall–Kier alpha value is -0.530. The van der Waals surface area contributed by atoms with Gasteiger partial charge in [0.15, 0.2) is 0 Å². The number of rotatable bonds is 1. The Balaban J connectivity index is 4.74. The fraction of sp³-hybridized carbons (Fsp3) is 0.778. The van der Waals surface area contributed by atoms with E-state index >= 15 is 0 Å². The van der Waals surface area contributed by atoms with E-state index in [0.29, 0.717) is 0 Å². The lowest BCUT2D eigenvalue weighted by Gasteiger charge is -2.37. The molecule has 1 nitrogen and oxygen atoms in total. The third-order valence-electron chi connectivity index (χ3n) is 2.62. The highest BCUT2D eigenvalue weighted by atomic mass is 19.1. The van der Waals surface area contributed by atoms with Crippen LogP contribution in [0, 0.1) is 10.8 Å². The Labute approximate surface area is 68.5 Å². The SMILES string of the molecule is CC(C)(C)C(C)(C)/C(F)=C\N. The van der Waals surface area contributed by atoms with Crippen LogP contribution in [0.5, 0.6) is 0 Å². The minimum Gasteiger partial charge on any atom is -0.403 e. The molecule has 0 aromatic rings. The summed E-state index contributed by atoms with van der Waals surface area (Å²) in [6.07, 6.45) is 1.05. The topological polar surface area (TPSA) is 26.0 Å². The number of hydrogen-bond acceptors (Lipinski definition) is 1. The molecule has 0 aliphatic rings. The summed E-state index contributed by atoms with van der Waals surface area (Å²) in [6.45, 7) is 9.69. The third-order valence-corrected chi connectivity index (χ3v) is 2.62. The van der Waals surface area contributed by atoms with Crippen LogP contribution in [0.3, 0.4) is 0 Å². The predicted octanol–water partition coefficient (Wildman–Crippen LogP) is 2.83. The van der Waals surface area contributed by atoms with Crippen molar-refractivity contribution in [2.45, 2.75) is 34.6 Å². The normalized spacial score (nSPS) is 15.3. The second-order valence-corrected chi connectivity index (χ2v) is 4.39. The van der Waals surface area contributed by atoms with Gasteiger partial charge >= 0.3 is 0 Å². The Bertz CT molecular complexity index is 163. The molecule has 0 spiro atoms. The number of halogens is 1. The van der Waals surface area contributed by atoms with Gasteiger partial charge in [0.05, 0.1) is 0 Å². The highest BCUT2D eigenvalue weighted by Crippen LogP contribution is 2.43. The van der Waals surface area contributed by atoms with Crippen LogP contribution in [-0.4, -0.2) is 0 Å². The molecule has 0 saturated heterocycles. The molecule has 0 aliphatic carbocycles. The molecule has 0 saturated carbocycles. The van der Waals surface area contributed by atoms with Crippen molar-refractivity contribution in [3.05, 3.63) is 12.0 Å². The van der Waals surface area contributed by atoms with Crippen molar-refractivity contribution in [2.75, 3.05) is 0 Å². The zero-order chi connectivity index (χ0) is 9.28. The van der Waals surface area contributed by atoms with Gasteiger partial charge in [0.2, 0.25) is 0 Å². The molecule has 0 rings (SSSR count). The van der Waals surface area contributed by atoms with E-state index in [1.165, 1.54) is 0 Å². The Morgan fingerprint density at radius 1 is 1.18 bits per heavy atom. The van der Waals surface area contributed by atoms with Crippen molar-refractivity contribution in [1.29, 1.82) is 0 Å². The van der Waals surface area contributed by atoms with Gasteiger partial charge in [-0.2, -0.15) is 0 Å². The maximum absolute atomic E-state index is 13.1. The summed E-state index contributed by atoms with van der Waals surface area (Å²) in [5.74, 6) is -0.245. The molecule has 0 aromatic carbocycles. The zero-order valence-electron chi connectivity index (χ0n) is 8.03. The Morgan fingerprint density at radius 3 is 1.64 bits per heavy atom. The van der Waals surface area contributed by atoms with E-state index < -0.39 is 5.41 Å². The van der Waals surface area contributed by atoms with Gasteiger partial charge in [-0.15, -0.1) is 0 Å². The molecule has 0 radical (unpaired) electrons. The lowest BCUT2D eigenvalue weighted by molar-refractivity contribution is 0.144. The molecule has 0 aromatic heterocycles. The Kier molecular flexibility index (Phi) is 2.70. The van der Waals surface area contributed by atoms with E-state index in [1.54, 1.807) is 0 Å². The van der Waals surface area contributed by atoms with Crippen molar-refractivity contribution in [3.63, 3.8) is 0 Å². The van der Waals surface area contributed by atoms with Crippen molar-refractivity contribution >= 4 is 0 Å². The summed E-state index contributed by atoms with van der Waals surface area (Å²) in [4.78, 5) is 0. The molecule has 0 bridgehead atoms. The molecular weight excluding hydrogens is 141 g/mol. The van der Waals surface area contributed by atoms with Crippen LogP contribution >= 0.6 is 0 Å².